The largest absolute Gasteiger partial charge is 0.496 e. The van der Waals surface area contributed by atoms with Crippen molar-refractivity contribution in [1.29, 1.82) is 0 Å². The molecule has 1 aromatic carbocycles. The van der Waals surface area contributed by atoms with Gasteiger partial charge in [0.15, 0.2) is 16.8 Å². The smallest absolute Gasteiger partial charge is 0.191 e. The second kappa shape index (κ2) is 7.78. The number of para-hydroxylation sites is 1. The standard InChI is InChI=1S/C19H22N4O2S/c1-5-23-18(14-8-6-7-9-17(14)25-4)21-22-19(23)26-11-16(24)15-10-12(2)20-13(15)3/h6-10,20H,5,11H2,1-4H3. The zero-order valence-corrected chi connectivity index (χ0v) is 16.2. The molecule has 0 radical (unpaired) electrons. The van der Waals surface area contributed by atoms with Gasteiger partial charge in [0, 0.05) is 23.5 Å². The van der Waals surface area contributed by atoms with Crippen LogP contribution in [-0.4, -0.2) is 38.4 Å². The maximum atomic E-state index is 12.5. The topological polar surface area (TPSA) is 72.8 Å². The molecule has 1 N–H and O–H groups in total. The van der Waals surface area contributed by atoms with Crippen LogP contribution >= 0.6 is 11.8 Å². The highest BCUT2D eigenvalue weighted by atomic mass is 32.2. The van der Waals surface area contributed by atoms with Gasteiger partial charge in [-0.3, -0.25) is 4.79 Å². The number of ether oxygens (including phenoxy) is 1. The van der Waals surface area contributed by atoms with Gasteiger partial charge in [-0.25, -0.2) is 0 Å². The fourth-order valence-corrected chi connectivity index (χ4v) is 3.82. The molecule has 0 atom stereocenters. The van der Waals surface area contributed by atoms with Crippen molar-refractivity contribution in [3.63, 3.8) is 0 Å². The third-order valence-corrected chi connectivity index (χ3v) is 5.13. The van der Waals surface area contributed by atoms with Crippen molar-refractivity contribution in [3.05, 3.63) is 47.3 Å². The minimum Gasteiger partial charge on any atom is -0.496 e. The number of H-pyrrole nitrogens is 1. The summed E-state index contributed by atoms with van der Waals surface area (Å²) in [6, 6.07) is 9.62. The molecule has 6 nitrogen and oxygen atoms in total. The van der Waals surface area contributed by atoms with Gasteiger partial charge >= 0.3 is 0 Å². The van der Waals surface area contributed by atoms with E-state index >= 15 is 0 Å². The third kappa shape index (κ3) is 3.53. The van der Waals surface area contributed by atoms with Gasteiger partial charge < -0.3 is 14.3 Å². The zero-order valence-electron chi connectivity index (χ0n) is 15.4. The summed E-state index contributed by atoms with van der Waals surface area (Å²) in [5.74, 6) is 1.90. The van der Waals surface area contributed by atoms with Crippen LogP contribution in [0.15, 0.2) is 35.5 Å². The van der Waals surface area contributed by atoms with Crippen LogP contribution in [0.2, 0.25) is 0 Å². The fourth-order valence-electron chi connectivity index (χ4n) is 2.93. The molecule has 0 spiro atoms. The molecule has 0 aliphatic carbocycles. The summed E-state index contributed by atoms with van der Waals surface area (Å²) < 4.78 is 7.44. The molecule has 0 bridgehead atoms. The molecule has 0 saturated carbocycles. The second-order valence-corrected chi connectivity index (χ2v) is 6.90. The van der Waals surface area contributed by atoms with E-state index in [0.29, 0.717) is 12.3 Å². The molecule has 0 saturated heterocycles. The predicted molar refractivity (Wildman–Crippen MR) is 103 cm³/mol. The number of methoxy groups -OCH3 is 1. The number of Topliss-reactive ketones (excluding diaryl/α,β-unsaturated/α-hetero) is 1. The van der Waals surface area contributed by atoms with Gasteiger partial charge in [-0.05, 0) is 39.0 Å². The van der Waals surface area contributed by atoms with Crippen LogP contribution in [0.3, 0.4) is 0 Å². The SMILES string of the molecule is CCn1c(SCC(=O)c2cc(C)[nH]c2C)nnc1-c1ccccc1OC. The summed E-state index contributed by atoms with van der Waals surface area (Å²) >= 11 is 1.41. The van der Waals surface area contributed by atoms with E-state index in [0.717, 1.165) is 39.2 Å². The minimum absolute atomic E-state index is 0.0846. The zero-order chi connectivity index (χ0) is 18.7. The van der Waals surface area contributed by atoms with Crippen molar-refractivity contribution in [2.45, 2.75) is 32.5 Å². The van der Waals surface area contributed by atoms with Crippen LogP contribution in [0, 0.1) is 13.8 Å². The van der Waals surface area contributed by atoms with E-state index in [2.05, 4.69) is 15.2 Å². The number of aromatic nitrogens is 4. The van der Waals surface area contributed by atoms with Crippen LogP contribution in [0.5, 0.6) is 5.75 Å². The third-order valence-electron chi connectivity index (χ3n) is 4.16. The van der Waals surface area contributed by atoms with E-state index in [9.17, 15) is 4.79 Å². The number of carbonyl (C=O) groups is 1. The molecule has 136 valence electrons. The Morgan fingerprint density at radius 1 is 1.27 bits per heavy atom. The highest BCUT2D eigenvalue weighted by Gasteiger charge is 2.18. The summed E-state index contributed by atoms with van der Waals surface area (Å²) in [5, 5.41) is 9.35. The van der Waals surface area contributed by atoms with Gasteiger partial charge in [0.2, 0.25) is 0 Å². The maximum absolute atomic E-state index is 12.5. The van der Waals surface area contributed by atoms with Gasteiger partial charge in [-0.15, -0.1) is 10.2 Å². The van der Waals surface area contributed by atoms with Gasteiger partial charge in [-0.1, -0.05) is 23.9 Å². The normalized spacial score (nSPS) is 10.9. The molecule has 2 heterocycles. The Morgan fingerprint density at radius 2 is 2.04 bits per heavy atom. The highest BCUT2D eigenvalue weighted by Crippen LogP contribution is 2.31. The van der Waals surface area contributed by atoms with E-state index in [4.69, 9.17) is 4.74 Å². The van der Waals surface area contributed by atoms with Crippen molar-refractivity contribution in [1.82, 2.24) is 19.7 Å². The number of rotatable bonds is 7. The minimum atomic E-state index is 0.0846. The Labute approximate surface area is 157 Å². The molecular weight excluding hydrogens is 348 g/mol. The van der Waals surface area contributed by atoms with Crippen LogP contribution in [0.25, 0.3) is 11.4 Å². The molecule has 0 unspecified atom stereocenters. The first kappa shape index (κ1) is 18.3. The first-order chi connectivity index (χ1) is 12.5. The lowest BCUT2D eigenvalue weighted by Gasteiger charge is -2.10. The fraction of sp³-hybridized carbons (Fsp3) is 0.316. The summed E-state index contributed by atoms with van der Waals surface area (Å²) in [6.45, 7) is 6.61. The Hall–Kier alpha value is -2.54. The number of aromatic amines is 1. The number of benzene rings is 1. The van der Waals surface area contributed by atoms with Gasteiger partial charge in [0.25, 0.3) is 0 Å². The van der Waals surface area contributed by atoms with E-state index in [1.807, 2.05) is 55.7 Å². The Morgan fingerprint density at radius 3 is 2.69 bits per heavy atom. The Kier molecular flexibility index (Phi) is 5.46. The molecule has 7 heteroatoms. The van der Waals surface area contributed by atoms with E-state index in [1.54, 1.807) is 7.11 Å². The summed E-state index contributed by atoms with van der Waals surface area (Å²) in [7, 11) is 1.64. The number of thioether (sulfide) groups is 1. The molecule has 0 aliphatic heterocycles. The van der Waals surface area contributed by atoms with Gasteiger partial charge in [0.05, 0.1) is 18.4 Å². The molecule has 2 aromatic heterocycles. The van der Waals surface area contributed by atoms with Crippen molar-refractivity contribution in [3.8, 4) is 17.1 Å². The number of hydrogen-bond donors (Lipinski definition) is 1. The molecule has 0 aliphatic rings. The maximum Gasteiger partial charge on any atom is 0.191 e. The summed E-state index contributed by atoms with van der Waals surface area (Å²) in [6.07, 6.45) is 0. The number of carbonyl (C=O) groups excluding carboxylic acids is 1. The van der Waals surface area contributed by atoms with Crippen molar-refractivity contribution in [2.24, 2.45) is 0 Å². The highest BCUT2D eigenvalue weighted by molar-refractivity contribution is 7.99. The predicted octanol–water partition coefficient (Wildman–Crippen LogP) is 3.89. The average molecular weight is 370 g/mol. The van der Waals surface area contributed by atoms with E-state index in [1.165, 1.54) is 11.8 Å². The number of hydrogen-bond acceptors (Lipinski definition) is 5. The van der Waals surface area contributed by atoms with Gasteiger partial charge in [-0.2, -0.15) is 0 Å². The Bertz CT molecular complexity index is 930. The summed E-state index contributed by atoms with van der Waals surface area (Å²) in [5.41, 5.74) is 3.52. The molecule has 0 fully saturated rings. The first-order valence-corrected chi connectivity index (χ1v) is 9.42. The molecule has 26 heavy (non-hydrogen) atoms. The number of ketones is 1. The lowest BCUT2D eigenvalue weighted by atomic mass is 10.2. The molecule has 3 aromatic rings. The van der Waals surface area contributed by atoms with Crippen LogP contribution in [0.4, 0.5) is 0 Å². The monoisotopic (exact) mass is 370 g/mol. The van der Waals surface area contributed by atoms with E-state index < -0.39 is 0 Å². The van der Waals surface area contributed by atoms with Crippen LogP contribution in [-0.2, 0) is 6.54 Å². The van der Waals surface area contributed by atoms with E-state index in [-0.39, 0.29) is 5.78 Å². The molecular formula is C19H22N4O2S. The Balaban J connectivity index is 1.82. The van der Waals surface area contributed by atoms with Crippen LogP contribution in [0.1, 0.15) is 28.7 Å². The number of nitrogens with one attached hydrogen (secondary N) is 1. The van der Waals surface area contributed by atoms with Crippen LogP contribution < -0.4 is 4.74 Å². The van der Waals surface area contributed by atoms with Crippen molar-refractivity contribution < 1.29 is 9.53 Å². The molecule has 0 amide bonds. The average Bonchev–Trinajstić information content (AvgIpc) is 3.21. The van der Waals surface area contributed by atoms with Gasteiger partial charge in [0.1, 0.15) is 5.75 Å². The molecule has 3 rings (SSSR count). The lowest BCUT2D eigenvalue weighted by Crippen LogP contribution is -2.06. The van der Waals surface area contributed by atoms with Crippen molar-refractivity contribution in [2.75, 3.05) is 12.9 Å². The van der Waals surface area contributed by atoms with Crippen molar-refractivity contribution >= 4 is 17.5 Å². The number of nitrogens with zero attached hydrogens (tertiary/aromatic N) is 3. The number of aryl methyl sites for hydroxylation is 2. The first-order valence-electron chi connectivity index (χ1n) is 8.44. The summed E-state index contributed by atoms with van der Waals surface area (Å²) in [4.78, 5) is 15.7. The quantitative estimate of drug-likeness (QED) is 0.504. The second-order valence-electron chi connectivity index (χ2n) is 5.95. The lowest BCUT2D eigenvalue weighted by molar-refractivity contribution is 0.102.